The molecule has 1 aromatic carbocycles. The highest BCUT2D eigenvalue weighted by molar-refractivity contribution is 5.95. The number of nitrogens with one attached hydrogen (secondary N) is 1. The number of carbonyl (C=O) groups excluding carboxylic acids is 2. The van der Waals surface area contributed by atoms with Crippen LogP contribution in [-0.4, -0.2) is 39.6 Å². The largest absolute Gasteiger partial charge is 0.501 e. The van der Waals surface area contributed by atoms with Gasteiger partial charge < -0.3 is 21.1 Å². The molecule has 1 aliphatic rings. The maximum atomic E-state index is 13.0. The number of rotatable bonds is 5. The number of nitrogens with zero attached hydrogens (tertiary/aromatic N) is 3. The summed E-state index contributed by atoms with van der Waals surface area (Å²) >= 11 is 0. The quantitative estimate of drug-likeness (QED) is 0.656. The van der Waals surface area contributed by atoms with Gasteiger partial charge in [-0.1, -0.05) is 12.1 Å². The highest BCUT2D eigenvalue weighted by Crippen LogP contribution is 2.22. The predicted molar refractivity (Wildman–Crippen MR) is 103 cm³/mol. The minimum Gasteiger partial charge on any atom is -0.501 e. The van der Waals surface area contributed by atoms with E-state index in [-0.39, 0.29) is 30.0 Å². The Morgan fingerprint density at radius 1 is 1.28 bits per heavy atom. The predicted octanol–water partition coefficient (Wildman–Crippen LogP) is 0.257. The maximum absolute atomic E-state index is 13.0. The number of hydrogen-bond donors (Lipinski definition) is 3. The number of hydrogen-bond acceptors (Lipinski definition) is 6. The van der Waals surface area contributed by atoms with Crippen LogP contribution in [0.5, 0.6) is 5.75 Å². The summed E-state index contributed by atoms with van der Waals surface area (Å²) in [5.74, 6) is -2.24. The summed E-state index contributed by atoms with van der Waals surface area (Å²) in [6.07, 6.45) is 1.02. The summed E-state index contributed by atoms with van der Waals surface area (Å²) in [4.78, 5) is 42.2. The molecule has 0 unspecified atom stereocenters. The van der Waals surface area contributed by atoms with E-state index < -0.39 is 23.0 Å². The van der Waals surface area contributed by atoms with Gasteiger partial charge in [0.2, 0.25) is 17.6 Å². The molecule has 0 bridgehead atoms. The maximum Gasteiger partial charge on any atom is 0.297 e. The molecule has 0 atom stereocenters. The van der Waals surface area contributed by atoms with E-state index in [2.05, 4.69) is 10.3 Å². The third-order valence-corrected chi connectivity index (χ3v) is 5.00. The standard InChI is InChI=1S/C19H22FN5O4/c1-24-18(29)15(26)14(17(28)22-10-11-2-4-13(20)5-3-11)23-19(24)25-8-6-12(7-9-25)16(21)27/h2-5,12,26H,6-10H2,1H3,(H2,21,27)(H,22,28). The Labute approximate surface area is 166 Å². The Bertz CT molecular complexity index is 981. The molecule has 3 rings (SSSR count). The fraction of sp³-hybridized carbons (Fsp3) is 0.368. The number of carbonyl (C=O) groups is 2. The van der Waals surface area contributed by atoms with Gasteiger partial charge in [0.15, 0.2) is 5.69 Å². The van der Waals surface area contributed by atoms with E-state index in [1.165, 1.54) is 31.3 Å². The summed E-state index contributed by atoms with van der Waals surface area (Å²) in [5, 5.41) is 12.7. The molecule has 0 aliphatic carbocycles. The third kappa shape index (κ3) is 4.36. The Balaban J connectivity index is 1.80. The number of benzene rings is 1. The van der Waals surface area contributed by atoms with E-state index in [0.29, 0.717) is 31.5 Å². The van der Waals surface area contributed by atoms with Crippen molar-refractivity contribution in [3.8, 4) is 5.75 Å². The Kier molecular flexibility index (Phi) is 5.81. The van der Waals surface area contributed by atoms with Crippen LogP contribution in [-0.2, 0) is 18.4 Å². The lowest BCUT2D eigenvalue weighted by Crippen LogP contribution is -2.42. The van der Waals surface area contributed by atoms with Gasteiger partial charge in [0.25, 0.3) is 11.5 Å². The second-order valence-corrected chi connectivity index (χ2v) is 6.95. The second-order valence-electron chi connectivity index (χ2n) is 6.95. The zero-order valence-electron chi connectivity index (χ0n) is 15.9. The van der Waals surface area contributed by atoms with Gasteiger partial charge in [-0.3, -0.25) is 19.0 Å². The van der Waals surface area contributed by atoms with Crippen LogP contribution >= 0.6 is 0 Å². The molecule has 29 heavy (non-hydrogen) atoms. The smallest absolute Gasteiger partial charge is 0.297 e. The molecule has 0 saturated carbocycles. The Hall–Kier alpha value is -3.43. The van der Waals surface area contributed by atoms with Gasteiger partial charge >= 0.3 is 0 Å². The van der Waals surface area contributed by atoms with E-state index in [1.54, 1.807) is 4.90 Å². The molecule has 1 saturated heterocycles. The zero-order chi connectivity index (χ0) is 21.1. The molecule has 2 amide bonds. The number of aromatic hydroxyl groups is 1. The van der Waals surface area contributed by atoms with Crippen LogP contribution in [0.25, 0.3) is 0 Å². The molecule has 0 spiro atoms. The lowest BCUT2D eigenvalue weighted by Gasteiger charge is -2.32. The molecule has 0 radical (unpaired) electrons. The minimum atomic E-state index is -0.751. The van der Waals surface area contributed by atoms with Crippen molar-refractivity contribution in [2.45, 2.75) is 19.4 Å². The number of nitrogens with two attached hydrogens (primary N) is 1. The zero-order valence-corrected chi connectivity index (χ0v) is 15.9. The Morgan fingerprint density at radius 3 is 2.48 bits per heavy atom. The average molecular weight is 403 g/mol. The lowest BCUT2D eigenvalue weighted by molar-refractivity contribution is -0.122. The molecule has 9 nitrogen and oxygen atoms in total. The fourth-order valence-corrected chi connectivity index (χ4v) is 3.25. The molecule has 1 aliphatic heterocycles. The number of amides is 2. The van der Waals surface area contributed by atoms with Crippen molar-refractivity contribution >= 4 is 17.8 Å². The SMILES string of the molecule is Cn1c(N2CCC(C(N)=O)CC2)nc(C(=O)NCc2ccc(F)cc2)c(O)c1=O. The first-order valence-electron chi connectivity index (χ1n) is 9.14. The highest BCUT2D eigenvalue weighted by Gasteiger charge is 2.27. The molecule has 4 N–H and O–H groups in total. The molecule has 10 heteroatoms. The molecular weight excluding hydrogens is 381 g/mol. The van der Waals surface area contributed by atoms with Gasteiger partial charge in [-0.2, -0.15) is 0 Å². The minimum absolute atomic E-state index is 0.0782. The van der Waals surface area contributed by atoms with Crippen molar-refractivity contribution in [1.29, 1.82) is 0 Å². The van der Waals surface area contributed by atoms with Gasteiger partial charge in [0.05, 0.1) is 0 Å². The number of anilines is 1. The van der Waals surface area contributed by atoms with Gasteiger partial charge in [-0.15, -0.1) is 0 Å². The van der Waals surface area contributed by atoms with Gasteiger partial charge in [-0.05, 0) is 30.5 Å². The summed E-state index contributed by atoms with van der Waals surface area (Å²) in [6, 6.07) is 5.56. The number of piperidine rings is 1. The Morgan fingerprint density at radius 2 is 1.90 bits per heavy atom. The van der Waals surface area contributed by atoms with E-state index in [0.717, 1.165) is 4.57 Å². The average Bonchev–Trinajstić information content (AvgIpc) is 2.72. The normalized spacial score (nSPS) is 14.6. The van der Waals surface area contributed by atoms with E-state index >= 15 is 0 Å². The first-order valence-corrected chi connectivity index (χ1v) is 9.14. The third-order valence-electron chi connectivity index (χ3n) is 5.00. The van der Waals surface area contributed by atoms with Crippen LogP contribution in [0.3, 0.4) is 0 Å². The van der Waals surface area contributed by atoms with Crippen LogP contribution in [0.4, 0.5) is 10.3 Å². The summed E-state index contributed by atoms with van der Waals surface area (Å²) < 4.78 is 14.1. The van der Waals surface area contributed by atoms with Gasteiger partial charge in [0.1, 0.15) is 5.82 Å². The summed E-state index contributed by atoms with van der Waals surface area (Å²) in [6.45, 7) is 0.958. The monoisotopic (exact) mass is 403 g/mol. The van der Waals surface area contributed by atoms with Crippen LogP contribution in [0.15, 0.2) is 29.1 Å². The van der Waals surface area contributed by atoms with Gasteiger partial charge in [-0.25, -0.2) is 9.37 Å². The van der Waals surface area contributed by atoms with Crippen LogP contribution < -0.4 is 21.5 Å². The first kappa shape index (κ1) is 20.3. The second kappa shape index (κ2) is 8.29. The van der Waals surface area contributed by atoms with Crippen molar-refractivity contribution in [3.05, 3.63) is 51.7 Å². The molecule has 1 aromatic heterocycles. The summed E-state index contributed by atoms with van der Waals surface area (Å²) in [7, 11) is 1.45. The highest BCUT2D eigenvalue weighted by atomic mass is 19.1. The molecule has 2 aromatic rings. The van der Waals surface area contributed by atoms with Crippen molar-refractivity contribution in [3.63, 3.8) is 0 Å². The van der Waals surface area contributed by atoms with Crippen LogP contribution in [0.1, 0.15) is 28.9 Å². The lowest BCUT2D eigenvalue weighted by atomic mass is 9.96. The number of aromatic nitrogens is 2. The number of halogens is 1. The summed E-state index contributed by atoms with van der Waals surface area (Å²) in [5.41, 5.74) is 4.86. The van der Waals surface area contributed by atoms with Gasteiger partial charge in [0, 0.05) is 32.6 Å². The molecular formula is C19H22FN5O4. The van der Waals surface area contributed by atoms with Crippen molar-refractivity contribution in [1.82, 2.24) is 14.9 Å². The fourth-order valence-electron chi connectivity index (χ4n) is 3.25. The van der Waals surface area contributed by atoms with Crippen LogP contribution in [0.2, 0.25) is 0 Å². The van der Waals surface area contributed by atoms with Crippen molar-refractivity contribution < 1.29 is 19.1 Å². The van der Waals surface area contributed by atoms with E-state index in [1.807, 2.05) is 0 Å². The van der Waals surface area contributed by atoms with Crippen molar-refractivity contribution in [2.24, 2.45) is 18.7 Å². The van der Waals surface area contributed by atoms with Crippen LogP contribution in [0, 0.1) is 11.7 Å². The molecule has 2 heterocycles. The molecule has 1 fully saturated rings. The first-order chi connectivity index (χ1) is 13.8. The molecule has 154 valence electrons. The topological polar surface area (TPSA) is 131 Å². The van der Waals surface area contributed by atoms with E-state index in [4.69, 9.17) is 5.73 Å². The van der Waals surface area contributed by atoms with Crippen molar-refractivity contribution in [2.75, 3.05) is 18.0 Å². The van der Waals surface area contributed by atoms with E-state index in [9.17, 15) is 23.9 Å². The number of primary amides is 1.